The van der Waals surface area contributed by atoms with Crippen molar-refractivity contribution < 1.29 is 14.7 Å². The molecule has 4 aliphatic carbocycles. The molecule has 4 bridgehead atoms. The highest BCUT2D eigenvalue weighted by molar-refractivity contribution is 5.90. The third kappa shape index (κ3) is 3.97. The molecule has 0 spiro atoms. The lowest BCUT2D eigenvalue weighted by atomic mass is 9.49. The van der Waals surface area contributed by atoms with E-state index < -0.39 is 6.04 Å². The first-order valence-corrected chi connectivity index (χ1v) is 12.5. The van der Waals surface area contributed by atoms with Crippen LogP contribution < -0.4 is 10.2 Å². The second-order valence-electron chi connectivity index (χ2n) is 11.2. The van der Waals surface area contributed by atoms with Gasteiger partial charge in [0.25, 0.3) is 0 Å². The quantitative estimate of drug-likeness (QED) is 0.738. The fourth-order valence-electron chi connectivity index (χ4n) is 7.27. The molecule has 2 amide bonds. The Kier molecular flexibility index (Phi) is 5.58. The van der Waals surface area contributed by atoms with Crippen molar-refractivity contribution in [1.29, 1.82) is 0 Å². The molecule has 5 aliphatic rings. The molecule has 32 heavy (non-hydrogen) atoms. The number of rotatable bonds is 5. The second kappa shape index (κ2) is 8.27. The van der Waals surface area contributed by atoms with Crippen LogP contribution in [0.15, 0.2) is 24.3 Å². The first-order chi connectivity index (χ1) is 15.3. The van der Waals surface area contributed by atoms with E-state index in [9.17, 15) is 14.7 Å². The monoisotopic (exact) mass is 439 g/mol. The van der Waals surface area contributed by atoms with Crippen LogP contribution in [0.1, 0.15) is 52.4 Å². The molecule has 1 saturated heterocycles. The van der Waals surface area contributed by atoms with E-state index in [0.29, 0.717) is 30.8 Å². The van der Waals surface area contributed by atoms with E-state index in [1.165, 1.54) is 19.3 Å². The SMILES string of the molecule is CC(C)C(NC(=O)C12CC3CC(CC(C3)C1)C2)C(=O)N1CCN(c2cccc(O)c2)CC1. The normalized spacial score (nSPS) is 32.3. The van der Waals surface area contributed by atoms with Gasteiger partial charge in [-0.05, 0) is 74.3 Å². The number of phenolic OH excluding ortho intramolecular Hbond substituents is 1. The number of benzene rings is 1. The predicted octanol–water partition coefficient (Wildman–Crippen LogP) is 3.40. The lowest BCUT2D eigenvalue weighted by Gasteiger charge is -2.56. The number of anilines is 1. The summed E-state index contributed by atoms with van der Waals surface area (Å²) in [5.74, 6) is 2.65. The Balaban J connectivity index is 1.23. The van der Waals surface area contributed by atoms with Crippen molar-refractivity contribution in [2.45, 2.75) is 58.4 Å². The van der Waals surface area contributed by atoms with Gasteiger partial charge in [-0.15, -0.1) is 0 Å². The van der Waals surface area contributed by atoms with Crippen LogP contribution in [0.4, 0.5) is 5.69 Å². The molecule has 1 aromatic carbocycles. The predicted molar refractivity (Wildman–Crippen MR) is 124 cm³/mol. The maximum Gasteiger partial charge on any atom is 0.245 e. The average Bonchev–Trinajstić information content (AvgIpc) is 2.76. The minimum Gasteiger partial charge on any atom is -0.508 e. The average molecular weight is 440 g/mol. The van der Waals surface area contributed by atoms with Crippen LogP contribution in [-0.4, -0.2) is 54.0 Å². The van der Waals surface area contributed by atoms with Crippen molar-refractivity contribution in [3.63, 3.8) is 0 Å². The molecule has 4 saturated carbocycles. The Morgan fingerprint density at radius 2 is 1.59 bits per heavy atom. The Bertz CT molecular complexity index is 840. The van der Waals surface area contributed by atoms with E-state index in [1.54, 1.807) is 12.1 Å². The molecule has 1 atom stereocenters. The Hall–Kier alpha value is -2.24. The first kappa shape index (κ1) is 21.6. The number of phenols is 1. The van der Waals surface area contributed by atoms with Gasteiger partial charge in [0.1, 0.15) is 11.8 Å². The van der Waals surface area contributed by atoms with E-state index in [4.69, 9.17) is 0 Å². The van der Waals surface area contributed by atoms with Gasteiger partial charge in [-0.3, -0.25) is 9.59 Å². The summed E-state index contributed by atoms with van der Waals surface area (Å²) in [6, 6.07) is 6.81. The van der Waals surface area contributed by atoms with Crippen LogP contribution in [0, 0.1) is 29.1 Å². The number of nitrogens with zero attached hydrogens (tertiary/aromatic N) is 2. The fraction of sp³-hybridized carbons (Fsp3) is 0.692. The van der Waals surface area contributed by atoms with Gasteiger partial charge < -0.3 is 20.2 Å². The minimum atomic E-state index is -0.456. The van der Waals surface area contributed by atoms with Crippen molar-refractivity contribution in [3.05, 3.63) is 24.3 Å². The summed E-state index contributed by atoms with van der Waals surface area (Å²) in [6.07, 6.45) is 6.99. The van der Waals surface area contributed by atoms with Crippen molar-refractivity contribution >= 4 is 17.5 Å². The highest BCUT2D eigenvalue weighted by Crippen LogP contribution is 2.60. The van der Waals surface area contributed by atoms with Gasteiger partial charge in [0.2, 0.25) is 11.8 Å². The fourth-order valence-corrected chi connectivity index (χ4v) is 7.27. The van der Waals surface area contributed by atoms with Crippen LogP contribution >= 0.6 is 0 Å². The van der Waals surface area contributed by atoms with E-state index in [0.717, 1.165) is 38.0 Å². The number of amides is 2. The standard InChI is InChI=1S/C26H37N3O3/c1-17(2)23(27-25(32)26-14-18-10-19(15-26)12-20(11-18)16-26)24(31)29-8-6-28(7-9-29)21-4-3-5-22(30)13-21/h3-5,13,17-20,23,30H,6-12,14-16H2,1-2H3,(H,27,32). The Labute approximate surface area is 191 Å². The number of piperazine rings is 1. The van der Waals surface area contributed by atoms with Crippen LogP contribution in [0.3, 0.4) is 0 Å². The van der Waals surface area contributed by atoms with Crippen molar-refractivity contribution in [2.24, 2.45) is 29.1 Å². The highest BCUT2D eigenvalue weighted by Gasteiger charge is 2.55. The van der Waals surface area contributed by atoms with Gasteiger partial charge >= 0.3 is 0 Å². The van der Waals surface area contributed by atoms with Gasteiger partial charge in [-0.1, -0.05) is 19.9 Å². The molecule has 1 unspecified atom stereocenters. The zero-order valence-electron chi connectivity index (χ0n) is 19.4. The van der Waals surface area contributed by atoms with Gasteiger partial charge in [-0.25, -0.2) is 0 Å². The summed E-state index contributed by atoms with van der Waals surface area (Å²) in [5, 5.41) is 13.0. The molecule has 1 aromatic rings. The topological polar surface area (TPSA) is 72.9 Å². The third-order valence-electron chi connectivity index (χ3n) is 8.53. The van der Waals surface area contributed by atoms with Crippen molar-refractivity contribution in [1.82, 2.24) is 10.2 Å². The molecular weight excluding hydrogens is 402 g/mol. The molecule has 5 fully saturated rings. The number of hydrogen-bond donors (Lipinski definition) is 2. The lowest BCUT2D eigenvalue weighted by Crippen LogP contribution is -2.60. The summed E-state index contributed by atoms with van der Waals surface area (Å²) in [5.41, 5.74) is 0.753. The number of aromatic hydroxyl groups is 1. The summed E-state index contributed by atoms with van der Waals surface area (Å²) >= 11 is 0. The third-order valence-corrected chi connectivity index (χ3v) is 8.53. The summed E-state index contributed by atoms with van der Waals surface area (Å²) in [7, 11) is 0. The van der Waals surface area contributed by atoms with Crippen LogP contribution in [0.25, 0.3) is 0 Å². The molecule has 6 heteroatoms. The van der Waals surface area contributed by atoms with Crippen molar-refractivity contribution in [2.75, 3.05) is 31.1 Å². The van der Waals surface area contributed by atoms with E-state index in [-0.39, 0.29) is 28.9 Å². The molecule has 174 valence electrons. The maximum absolute atomic E-state index is 13.6. The molecule has 2 N–H and O–H groups in total. The second-order valence-corrected chi connectivity index (χ2v) is 11.2. The largest absolute Gasteiger partial charge is 0.508 e. The number of carbonyl (C=O) groups excluding carboxylic acids is 2. The van der Waals surface area contributed by atoms with E-state index in [2.05, 4.69) is 10.2 Å². The van der Waals surface area contributed by atoms with Crippen LogP contribution in [0.5, 0.6) is 5.75 Å². The number of nitrogens with one attached hydrogen (secondary N) is 1. The van der Waals surface area contributed by atoms with Gasteiger partial charge in [0, 0.05) is 43.3 Å². The maximum atomic E-state index is 13.6. The Morgan fingerprint density at radius 3 is 2.12 bits per heavy atom. The van der Waals surface area contributed by atoms with Gasteiger partial charge in [0.15, 0.2) is 0 Å². The minimum absolute atomic E-state index is 0.0497. The molecule has 6 rings (SSSR count). The molecule has 1 heterocycles. The Morgan fingerprint density at radius 1 is 1.00 bits per heavy atom. The van der Waals surface area contributed by atoms with Gasteiger partial charge in [-0.2, -0.15) is 0 Å². The first-order valence-electron chi connectivity index (χ1n) is 12.5. The van der Waals surface area contributed by atoms with E-state index >= 15 is 0 Å². The molecular formula is C26H37N3O3. The molecule has 1 aliphatic heterocycles. The van der Waals surface area contributed by atoms with Crippen LogP contribution in [0.2, 0.25) is 0 Å². The summed E-state index contributed by atoms with van der Waals surface area (Å²) in [6.45, 7) is 6.78. The van der Waals surface area contributed by atoms with Crippen molar-refractivity contribution in [3.8, 4) is 5.75 Å². The van der Waals surface area contributed by atoms with Gasteiger partial charge in [0.05, 0.1) is 0 Å². The smallest absolute Gasteiger partial charge is 0.245 e. The van der Waals surface area contributed by atoms with E-state index in [1.807, 2.05) is 30.9 Å². The number of carbonyl (C=O) groups is 2. The summed E-state index contributed by atoms with van der Waals surface area (Å²) in [4.78, 5) is 31.1. The molecule has 6 nitrogen and oxygen atoms in total. The molecule has 0 aromatic heterocycles. The zero-order valence-corrected chi connectivity index (χ0v) is 19.4. The summed E-state index contributed by atoms with van der Waals surface area (Å²) < 4.78 is 0. The number of hydrogen-bond acceptors (Lipinski definition) is 4. The highest BCUT2D eigenvalue weighted by atomic mass is 16.3. The van der Waals surface area contributed by atoms with Crippen LogP contribution in [-0.2, 0) is 9.59 Å². The lowest BCUT2D eigenvalue weighted by molar-refractivity contribution is -0.150. The molecule has 0 radical (unpaired) electrons. The zero-order chi connectivity index (χ0) is 22.5.